The summed E-state index contributed by atoms with van der Waals surface area (Å²) in [5.74, 6) is -0.463. The Bertz CT molecular complexity index is 619. The number of carbonyl (C=O) groups excluding carboxylic acids is 1. The SMILES string of the molecule is CC(C)(C)Cc1cn(CCOCCC(=O)CCCS(=O)(=O)O)nn1. The van der Waals surface area contributed by atoms with Crippen LogP contribution in [0.4, 0.5) is 0 Å². The molecular formula is C15H27N3O5S. The van der Waals surface area contributed by atoms with Gasteiger partial charge in [0.1, 0.15) is 5.78 Å². The molecule has 1 heterocycles. The van der Waals surface area contributed by atoms with Crippen LogP contribution < -0.4 is 0 Å². The molecule has 1 N–H and O–H groups in total. The lowest BCUT2D eigenvalue weighted by Crippen LogP contribution is -2.11. The minimum Gasteiger partial charge on any atom is -0.379 e. The molecular weight excluding hydrogens is 334 g/mol. The Labute approximate surface area is 143 Å². The van der Waals surface area contributed by atoms with E-state index in [-0.39, 0.29) is 42.8 Å². The number of ketones is 1. The zero-order valence-electron chi connectivity index (χ0n) is 14.6. The maximum Gasteiger partial charge on any atom is 0.264 e. The summed E-state index contributed by atoms with van der Waals surface area (Å²) in [4.78, 5) is 11.5. The van der Waals surface area contributed by atoms with Crippen molar-refractivity contribution in [3.05, 3.63) is 11.9 Å². The monoisotopic (exact) mass is 361 g/mol. The van der Waals surface area contributed by atoms with Gasteiger partial charge in [0.05, 0.1) is 31.2 Å². The average molecular weight is 361 g/mol. The van der Waals surface area contributed by atoms with Crippen LogP contribution in [0.25, 0.3) is 0 Å². The third kappa shape index (κ3) is 10.5. The van der Waals surface area contributed by atoms with Crippen LogP contribution in [0.3, 0.4) is 0 Å². The van der Waals surface area contributed by atoms with Gasteiger partial charge in [-0.25, -0.2) is 4.68 Å². The van der Waals surface area contributed by atoms with Crippen LogP contribution in [0.1, 0.15) is 45.7 Å². The lowest BCUT2D eigenvalue weighted by Gasteiger charge is -2.15. The molecule has 0 radical (unpaired) electrons. The van der Waals surface area contributed by atoms with E-state index >= 15 is 0 Å². The average Bonchev–Trinajstić information content (AvgIpc) is 2.82. The summed E-state index contributed by atoms with van der Waals surface area (Å²) in [6.07, 6.45) is 3.24. The van der Waals surface area contributed by atoms with Crippen molar-refractivity contribution in [1.29, 1.82) is 0 Å². The number of rotatable bonds is 11. The second-order valence-electron chi connectivity index (χ2n) is 7.00. The highest BCUT2D eigenvalue weighted by molar-refractivity contribution is 7.85. The van der Waals surface area contributed by atoms with Crippen molar-refractivity contribution in [3.63, 3.8) is 0 Å². The van der Waals surface area contributed by atoms with Gasteiger partial charge in [-0.15, -0.1) is 5.10 Å². The van der Waals surface area contributed by atoms with Crippen molar-refractivity contribution < 1.29 is 22.5 Å². The number of hydrogen-bond donors (Lipinski definition) is 1. The van der Waals surface area contributed by atoms with Gasteiger partial charge in [0.2, 0.25) is 0 Å². The third-order valence-corrected chi connectivity index (χ3v) is 3.95. The summed E-state index contributed by atoms with van der Waals surface area (Å²) in [6.45, 7) is 7.70. The molecule has 1 aromatic heterocycles. The van der Waals surface area contributed by atoms with E-state index in [1.54, 1.807) is 4.68 Å². The molecule has 0 aliphatic heterocycles. The summed E-state index contributed by atoms with van der Waals surface area (Å²) in [7, 11) is -3.99. The Morgan fingerprint density at radius 2 is 2.00 bits per heavy atom. The molecule has 0 aliphatic rings. The number of carbonyl (C=O) groups is 1. The fourth-order valence-electron chi connectivity index (χ4n) is 2.10. The van der Waals surface area contributed by atoms with E-state index in [0.717, 1.165) is 12.1 Å². The van der Waals surface area contributed by atoms with Gasteiger partial charge in [0, 0.05) is 19.0 Å². The van der Waals surface area contributed by atoms with Crippen LogP contribution >= 0.6 is 0 Å². The van der Waals surface area contributed by atoms with Gasteiger partial charge in [-0.2, -0.15) is 8.42 Å². The van der Waals surface area contributed by atoms with Crippen LogP contribution in [-0.2, 0) is 32.6 Å². The van der Waals surface area contributed by atoms with Crippen LogP contribution in [0.5, 0.6) is 0 Å². The molecule has 24 heavy (non-hydrogen) atoms. The van der Waals surface area contributed by atoms with Crippen molar-refractivity contribution in [3.8, 4) is 0 Å². The summed E-state index contributed by atoms with van der Waals surface area (Å²) in [5, 5.41) is 8.15. The predicted molar refractivity (Wildman–Crippen MR) is 89.3 cm³/mol. The molecule has 0 saturated carbocycles. The van der Waals surface area contributed by atoms with Crippen LogP contribution in [-0.4, -0.2) is 52.7 Å². The van der Waals surface area contributed by atoms with Gasteiger partial charge in [-0.1, -0.05) is 26.0 Å². The van der Waals surface area contributed by atoms with E-state index in [0.29, 0.717) is 13.2 Å². The maximum absolute atomic E-state index is 11.5. The molecule has 0 atom stereocenters. The topological polar surface area (TPSA) is 111 Å². The smallest absolute Gasteiger partial charge is 0.264 e. The van der Waals surface area contributed by atoms with Gasteiger partial charge in [-0.05, 0) is 18.3 Å². The third-order valence-electron chi connectivity index (χ3n) is 3.15. The first kappa shape index (κ1) is 20.7. The molecule has 0 bridgehead atoms. The first-order valence-corrected chi connectivity index (χ1v) is 9.60. The molecule has 0 aromatic carbocycles. The van der Waals surface area contributed by atoms with Crippen LogP contribution in [0, 0.1) is 5.41 Å². The first-order chi connectivity index (χ1) is 11.1. The van der Waals surface area contributed by atoms with Gasteiger partial charge in [0.15, 0.2) is 0 Å². The molecule has 138 valence electrons. The van der Waals surface area contributed by atoms with E-state index in [1.807, 2.05) is 6.20 Å². The molecule has 0 unspecified atom stereocenters. The Morgan fingerprint density at radius 3 is 2.62 bits per heavy atom. The minimum atomic E-state index is -3.99. The fourth-order valence-corrected chi connectivity index (χ4v) is 2.60. The molecule has 1 rings (SSSR count). The number of Topliss-reactive ketones (excluding diaryl/α,β-unsaturated/α-hetero) is 1. The number of ether oxygens (including phenoxy) is 1. The van der Waals surface area contributed by atoms with Gasteiger partial charge < -0.3 is 4.74 Å². The Hall–Kier alpha value is -1.32. The molecule has 0 spiro atoms. The molecule has 0 fully saturated rings. The first-order valence-electron chi connectivity index (χ1n) is 7.99. The van der Waals surface area contributed by atoms with Crippen molar-refractivity contribution in [1.82, 2.24) is 15.0 Å². The predicted octanol–water partition coefficient (Wildman–Crippen LogP) is 1.51. The van der Waals surface area contributed by atoms with E-state index in [9.17, 15) is 13.2 Å². The fraction of sp³-hybridized carbons (Fsp3) is 0.800. The van der Waals surface area contributed by atoms with Crippen molar-refractivity contribution in [2.75, 3.05) is 19.0 Å². The Morgan fingerprint density at radius 1 is 1.29 bits per heavy atom. The largest absolute Gasteiger partial charge is 0.379 e. The molecule has 8 nitrogen and oxygen atoms in total. The summed E-state index contributed by atoms with van der Waals surface area (Å²) >= 11 is 0. The minimum absolute atomic E-state index is 0.0770. The van der Waals surface area contributed by atoms with Gasteiger partial charge in [-0.3, -0.25) is 9.35 Å². The highest BCUT2D eigenvalue weighted by Crippen LogP contribution is 2.18. The lowest BCUT2D eigenvalue weighted by atomic mass is 9.91. The maximum atomic E-state index is 11.5. The summed E-state index contributed by atoms with van der Waals surface area (Å²) < 4.78 is 36.7. The normalized spacial score (nSPS) is 12.5. The Kier molecular flexibility index (Phi) is 7.98. The highest BCUT2D eigenvalue weighted by Gasteiger charge is 2.13. The van der Waals surface area contributed by atoms with Crippen molar-refractivity contribution >= 4 is 15.9 Å². The standard InChI is InChI=1S/C15H27N3O5S/c1-15(2,3)11-13-12-18(17-16-13)7-9-23-8-6-14(19)5-4-10-24(20,21)22/h12H,4-11H2,1-3H3,(H,20,21,22). The molecule has 0 aliphatic carbocycles. The highest BCUT2D eigenvalue weighted by atomic mass is 32.2. The van der Waals surface area contributed by atoms with E-state index < -0.39 is 10.1 Å². The molecule has 1 aromatic rings. The van der Waals surface area contributed by atoms with Crippen molar-refractivity contribution in [2.24, 2.45) is 5.41 Å². The Balaban J connectivity index is 2.13. The zero-order valence-corrected chi connectivity index (χ0v) is 15.4. The van der Waals surface area contributed by atoms with E-state index in [4.69, 9.17) is 9.29 Å². The lowest BCUT2D eigenvalue weighted by molar-refractivity contribution is -0.120. The van der Waals surface area contributed by atoms with E-state index in [2.05, 4.69) is 31.1 Å². The zero-order chi connectivity index (χ0) is 18.2. The van der Waals surface area contributed by atoms with Crippen LogP contribution in [0.15, 0.2) is 6.20 Å². The second-order valence-corrected chi connectivity index (χ2v) is 8.57. The van der Waals surface area contributed by atoms with Gasteiger partial charge in [0.25, 0.3) is 10.1 Å². The second kappa shape index (κ2) is 9.24. The summed E-state index contributed by atoms with van der Waals surface area (Å²) in [6, 6.07) is 0. The molecule has 0 saturated heterocycles. The van der Waals surface area contributed by atoms with Crippen LogP contribution in [0.2, 0.25) is 0 Å². The number of hydrogen-bond acceptors (Lipinski definition) is 6. The summed E-state index contributed by atoms with van der Waals surface area (Å²) in [5.41, 5.74) is 1.10. The molecule has 0 amide bonds. The quantitative estimate of drug-likeness (QED) is 0.469. The number of nitrogens with zero attached hydrogens (tertiary/aromatic N) is 3. The van der Waals surface area contributed by atoms with E-state index in [1.165, 1.54) is 0 Å². The van der Waals surface area contributed by atoms with Crippen molar-refractivity contribution in [2.45, 2.75) is 53.0 Å². The van der Waals surface area contributed by atoms with Gasteiger partial charge >= 0.3 is 0 Å². The molecule has 9 heteroatoms. The number of aromatic nitrogens is 3.